The van der Waals surface area contributed by atoms with E-state index in [0.717, 1.165) is 54.5 Å². The summed E-state index contributed by atoms with van der Waals surface area (Å²) in [5.74, 6) is 1.65. The molecule has 0 atom stereocenters. The van der Waals surface area contributed by atoms with Crippen LogP contribution >= 0.6 is 12.2 Å². The Morgan fingerprint density at radius 2 is 1.66 bits per heavy atom. The first kappa shape index (κ1) is 22.3. The summed E-state index contributed by atoms with van der Waals surface area (Å²) in [6.45, 7) is 2.16. The van der Waals surface area contributed by atoms with Crippen molar-refractivity contribution in [1.82, 2.24) is 15.3 Å². The van der Waals surface area contributed by atoms with Crippen LogP contribution in [-0.2, 0) is 6.42 Å². The van der Waals surface area contributed by atoms with E-state index in [-0.39, 0.29) is 0 Å². The Morgan fingerprint density at radius 1 is 0.969 bits per heavy atom. The van der Waals surface area contributed by atoms with E-state index in [0.29, 0.717) is 23.1 Å². The van der Waals surface area contributed by atoms with Crippen LogP contribution in [0.4, 0.5) is 17.5 Å². The summed E-state index contributed by atoms with van der Waals surface area (Å²) in [5, 5.41) is 12.1. The number of nitrogens with one attached hydrogen (secondary N) is 3. The van der Waals surface area contributed by atoms with Crippen molar-refractivity contribution in [2.45, 2.75) is 51.1 Å². The van der Waals surface area contributed by atoms with Gasteiger partial charge in [-0.2, -0.15) is 4.98 Å². The van der Waals surface area contributed by atoms with Gasteiger partial charge in [0.25, 0.3) is 0 Å². The second-order valence-electron chi connectivity index (χ2n) is 8.62. The lowest BCUT2D eigenvalue weighted by molar-refractivity contribution is 0.387. The molecule has 168 valence electrons. The summed E-state index contributed by atoms with van der Waals surface area (Å²) in [5.41, 5.74) is 3.32. The van der Waals surface area contributed by atoms with Gasteiger partial charge in [0.1, 0.15) is 5.82 Å². The predicted molar refractivity (Wildman–Crippen MR) is 139 cm³/mol. The van der Waals surface area contributed by atoms with E-state index in [1.165, 1.54) is 5.56 Å². The van der Waals surface area contributed by atoms with Crippen molar-refractivity contribution in [2.24, 2.45) is 0 Å². The summed E-state index contributed by atoms with van der Waals surface area (Å²) in [6.07, 6.45) is 5.27. The molecule has 7 heteroatoms. The molecule has 1 saturated carbocycles. The number of rotatable bonds is 6. The van der Waals surface area contributed by atoms with Crippen molar-refractivity contribution in [1.29, 1.82) is 0 Å². The maximum absolute atomic E-state index is 5.53. The molecule has 0 unspecified atom stereocenters. The minimum Gasteiger partial charge on any atom is -0.362 e. The third kappa shape index (κ3) is 5.46. The third-order valence-electron chi connectivity index (χ3n) is 6.02. The van der Waals surface area contributed by atoms with Gasteiger partial charge in [-0.05, 0) is 74.2 Å². The molecule has 0 radical (unpaired) electrons. The minimum absolute atomic E-state index is 0.368. The molecule has 4 rings (SSSR count). The number of nitrogens with zero attached hydrogens (tertiary/aromatic N) is 3. The molecule has 1 aliphatic rings. The van der Waals surface area contributed by atoms with Crippen LogP contribution in [0.5, 0.6) is 0 Å². The fourth-order valence-corrected chi connectivity index (χ4v) is 4.49. The van der Waals surface area contributed by atoms with E-state index in [4.69, 9.17) is 22.2 Å². The first-order valence-corrected chi connectivity index (χ1v) is 11.8. The van der Waals surface area contributed by atoms with E-state index < -0.39 is 0 Å². The van der Waals surface area contributed by atoms with E-state index in [2.05, 4.69) is 53.2 Å². The van der Waals surface area contributed by atoms with Crippen LogP contribution in [0.15, 0.2) is 48.5 Å². The molecule has 0 bridgehead atoms. The zero-order chi connectivity index (χ0) is 22.5. The summed E-state index contributed by atoms with van der Waals surface area (Å²) >= 11 is 5.53. The lowest BCUT2D eigenvalue weighted by Crippen LogP contribution is -2.42. The Morgan fingerprint density at radius 3 is 2.34 bits per heavy atom. The van der Waals surface area contributed by atoms with Gasteiger partial charge in [-0.25, -0.2) is 4.98 Å². The molecule has 1 heterocycles. The molecular weight excluding hydrogens is 416 g/mol. The number of para-hydroxylation sites is 1. The SMILES string of the molecule is CCc1ccc(NC(=S)NC2CCC(Nc3nc(N(C)C)c4ccccc4n3)CC2)cc1. The highest BCUT2D eigenvalue weighted by Crippen LogP contribution is 2.26. The van der Waals surface area contributed by atoms with Gasteiger partial charge in [0, 0.05) is 37.3 Å². The Bertz CT molecular complexity index is 1060. The van der Waals surface area contributed by atoms with Crippen molar-refractivity contribution in [3.05, 3.63) is 54.1 Å². The van der Waals surface area contributed by atoms with Crippen LogP contribution in [0.25, 0.3) is 10.9 Å². The number of hydrogen-bond donors (Lipinski definition) is 3. The average molecular weight is 449 g/mol. The predicted octanol–water partition coefficient (Wildman–Crippen LogP) is 4.97. The molecule has 1 aliphatic carbocycles. The van der Waals surface area contributed by atoms with Gasteiger partial charge in [0.15, 0.2) is 5.11 Å². The molecule has 3 N–H and O–H groups in total. The number of anilines is 3. The van der Waals surface area contributed by atoms with Crippen molar-refractivity contribution in [2.75, 3.05) is 29.6 Å². The summed E-state index contributed by atoms with van der Waals surface area (Å²) in [4.78, 5) is 11.6. The van der Waals surface area contributed by atoms with Crippen molar-refractivity contribution >= 4 is 45.7 Å². The van der Waals surface area contributed by atoms with E-state index in [1.807, 2.05) is 37.2 Å². The normalized spacial score (nSPS) is 18.2. The van der Waals surface area contributed by atoms with Crippen molar-refractivity contribution in [3.8, 4) is 0 Å². The van der Waals surface area contributed by atoms with Gasteiger partial charge < -0.3 is 20.9 Å². The van der Waals surface area contributed by atoms with Gasteiger partial charge in [-0.3, -0.25) is 0 Å². The van der Waals surface area contributed by atoms with Crippen LogP contribution in [0, 0.1) is 0 Å². The number of fused-ring (bicyclic) bond motifs is 1. The highest BCUT2D eigenvalue weighted by atomic mass is 32.1. The highest BCUT2D eigenvalue weighted by Gasteiger charge is 2.22. The van der Waals surface area contributed by atoms with E-state index in [9.17, 15) is 0 Å². The van der Waals surface area contributed by atoms with Crippen LogP contribution in [0.1, 0.15) is 38.2 Å². The first-order chi connectivity index (χ1) is 15.5. The van der Waals surface area contributed by atoms with Crippen LogP contribution in [-0.4, -0.2) is 41.3 Å². The lowest BCUT2D eigenvalue weighted by Gasteiger charge is -2.30. The Kier molecular flexibility index (Phi) is 7.05. The molecule has 0 amide bonds. The second-order valence-corrected chi connectivity index (χ2v) is 9.03. The Balaban J connectivity index is 1.30. The zero-order valence-electron chi connectivity index (χ0n) is 19.1. The molecule has 32 heavy (non-hydrogen) atoms. The third-order valence-corrected chi connectivity index (χ3v) is 6.24. The van der Waals surface area contributed by atoms with Crippen LogP contribution in [0.2, 0.25) is 0 Å². The largest absolute Gasteiger partial charge is 0.362 e. The van der Waals surface area contributed by atoms with Gasteiger partial charge >= 0.3 is 0 Å². The van der Waals surface area contributed by atoms with Crippen molar-refractivity contribution in [3.63, 3.8) is 0 Å². The molecule has 1 fully saturated rings. The van der Waals surface area contributed by atoms with Crippen LogP contribution < -0.4 is 20.9 Å². The Hall–Kier alpha value is -2.93. The van der Waals surface area contributed by atoms with Gasteiger partial charge in [0.05, 0.1) is 5.52 Å². The number of aromatic nitrogens is 2. The van der Waals surface area contributed by atoms with Gasteiger partial charge in [-0.1, -0.05) is 31.2 Å². The summed E-state index contributed by atoms with van der Waals surface area (Å²) < 4.78 is 0. The van der Waals surface area contributed by atoms with E-state index >= 15 is 0 Å². The summed E-state index contributed by atoms with van der Waals surface area (Å²) in [7, 11) is 4.04. The van der Waals surface area contributed by atoms with Crippen LogP contribution in [0.3, 0.4) is 0 Å². The molecule has 0 saturated heterocycles. The second kappa shape index (κ2) is 10.1. The van der Waals surface area contributed by atoms with E-state index in [1.54, 1.807) is 0 Å². The zero-order valence-corrected chi connectivity index (χ0v) is 19.9. The number of benzene rings is 2. The Labute approximate surface area is 195 Å². The number of hydrogen-bond acceptors (Lipinski definition) is 5. The molecule has 0 spiro atoms. The molecular formula is C25H32N6S. The topological polar surface area (TPSA) is 65.1 Å². The molecule has 3 aromatic rings. The highest BCUT2D eigenvalue weighted by molar-refractivity contribution is 7.80. The fraction of sp³-hybridized carbons (Fsp3) is 0.400. The molecule has 2 aromatic carbocycles. The van der Waals surface area contributed by atoms with Crippen molar-refractivity contribution < 1.29 is 0 Å². The number of thiocarbonyl (C=S) groups is 1. The minimum atomic E-state index is 0.368. The quantitative estimate of drug-likeness (QED) is 0.460. The lowest BCUT2D eigenvalue weighted by atomic mass is 9.91. The molecule has 1 aromatic heterocycles. The maximum Gasteiger partial charge on any atom is 0.225 e. The maximum atomic E-state index is 5.53. The molecule has 0 aliphatic heterocycles. The fourth-order valence-electron chi connectivity index (χ4n) is 4.21. The van der Waals surface area contributed by atoms with Gasteiger partial charge in [-0.15, -0.1) is 0 Å². The smallest absolute Gasteiger partial charge is 0.225 e. The first-order valence-electron chi connectivity index (χ1n) is 11.4. The summed E-state index contributed by atoms with van der Waals surface area (Å²) in [6, 6.07) is 17.4. The number of aryl methyl sites for hydroxylation is 1. The average Bonchev–Trinajstić information content (AvgIpc) is 2.80. The monoisotopic (exact) mass is 448 g/mol. The molecule has 6 nitrogen and oxygen atoms in total. The standard InChI is InChI=1S/C25H32N6S/c1-4-17-9-11-19(12-10-17)27-25(32)28-20-15-13-18(14-16-20)26-24-29-22-8-6-5-7-21(22)23(30-24)31(2)3/h5-12,18,20H,4,13-16H2,1-3H3,(H,26,29,30)(H2,27,28,32). The van der Waals surface area contributed by atoms with Gasteiger partial charge in [0.2, 0.25) is 5.95 Å².